The molecule has 1 heterocycles. The summed E-state index contributed by atoms with van der Waals surface area (Å²) in [4.78, 5) is 20.7. The minimum Gasteiger partial charge on any atom is -0.294 e. The van der Waals surface area contributed by atoms with Crippen LogP contribution in [0.1, 0.15) is 31.1 Å². The number of carbonyl (C=O) groups excluding carboxylic acids is 1. The number of rotatable bonds is 4. The molecule has 1 atom stereocenters. The number of carbonyl (C=O) groups is 1. The fourth-order valence-electron chi connectivity index (χ4n) is 1.83. The summed E-state index contributed by atoms with van der Waals surface area (Å²) in [5, 5.41) is 0. The Morgan fingerprint density at radius 1 is 1.05 bits per heavy atom. The van der Waals surface area contributed by atoms with Gasteiger partial charge in [-0.15, -0.1) is 0 Å². The topological polar surface area (TPSA) is 42.9 Å². The highest BCUT2D eigenvalue weighted by molar-refractivity contribution is 5.98. The van der Waals surface area contributed by atoms with E-state index in [1.165, 1.54) is 0 Å². The maximum atomic E-state index is 12.3. The third-order valence-corrected chi connectivity index (χ3v) is 3.38. The van der Waals surface area contributed by atoms with Crippen molar-refractivity contribution in [1.82, 2.24) is 9.97 Å². The predicted molar refractivity (Wildman–Crippen MR) is 75.8 cm³/mol. The summed E-state index contributed by atoms with van der Waals surface area (Å²) in [6.07, 6.45) is 3.40. The summed E-state index contributed by atoms with van der Waals surface area (Å²) in [6.45, 7) is 6.10. The lowest BCUT2D eigenvalue weighted by Crippen LogP contribution is -2.16. The van der Waals surface area contributed by atoms with Crippen LogP contribution in [0.4, 0.5) is 0 Å². The highest BCUT2D eigenvalue weighted by Crippen LogP contribution is 2.20. The van der Waals surface area contributed by atoms with Crippen molar-refractivity contribution in [2.75, 3.05) is 0 Å². The van der Waals surface area contributed by atoms with E-state index in [4.69, 9.17) is 0 Å². The van der Waals surface area contributed by atoms with Crippen LogP contribution < -0.4 is 0 Å². The third-order valence-electron chi connectivity index (χ3n) is 3.38. The maximum Gasteiger partial charge on any atom is 0.165 e. The summed E-state index contributed by atoms with van der Waals surface area (Å²) in [5.41, 5.74) is 1.61. The van der Waals surface area contributed by atoms with E-state index in [0.717, 1.165) is 11.1 Å². The second kappa shape index (κ2) is 5.74. The van der Waals surface area contributed by atoms with Crippen molar-refractivity contribution in [3.63, 3.8) is 0 Å². The van der Waals surface area contributed by atoms with Gasteiger partial charge in [0.1, 0.15) is 0 Å². The smallest absolute Gasteiger partial charge is 0.165 e. The van der Waals surface area contributed by atoms with Gasteiger partial charge >= 0.3 is 0 Å². The average molecular weight is 254 g/mol. The average Bonchev–Trinajstić information content (AvgIpc) is 2.46. The Morgan fingerprint density at radius 3 is 2.37 bits per heavy atom. The molecule has 1 aromatic carbocycles. The first-order chi connectivity index (χ1) is 9.09. The SMILES string of the molecule is CC(C)C(C)C(=O)c1cccc(-c2ncccn2)c1. The molecular formula is C16H18N2O. The number of aromatic nitrogens is 2. The first-order valence-electron chi connectivity index (χ1n) is 6.51. The molecule has 0 N–H and O–H groups in total. The van der Waals surface area contributed by atoms with Crippen LogP contribution in [0.5, 0.6) is 0 Å². The third kappa shape index (κ3) is 3.05. The number of hydrogen-bond donors (Lipinski definition) is 0. The van der Waals surface area contributed by atoms with Gasteiger partial charge in [0.15, 0.2) is 11.6 Å². The molecule has 0 aliphatic carbocycles. The Bertz CT molecular complexity index is 564. The Hall–Kier alpha value is -2.03. The van der Waals surface area contributed by atoms with Crippen LogP contribution in [0.2, 0.25) is 0 Å². The molecular weight excluding hydrogens is 236 g/mol. The van der Waals surface area contributed by atoms with E-state index in [1.54, 1.807) is 18.5 Å². The largest absolute Gasteiger partial charge is 0.294 e. The second-order valence-corrected chi connectivity index (χ2v) is 5.05. The van der Waals surface area contributed by atoms with Crippen molar-refractivity contribution in [2.24, 2.45) is 11.8 Å². The number of benzene rings is 1. The normalized spacial score (nSPS) is 12.4. The summed E-state index contributed by atoms with van der Waals surface area (Å²) in [5.74, 6) is 1.18. The molecule has 2 rings (SSSR count). The predicted octanol–water partition coefficient (Wildman–Crippen LogP) is 3.62. The number of nitrogens with zero attached hydrogens (tertiary/aromatic N) is 2. The molecule has 0 aliphatic rings. The van der Waals surface area contributed by atoms with Crippen LogP contribution in [0.15, 0.2) is 42.7 Å². The zero-order chi connectivity index (χ0) is 13.8. The molecule has 0 saturated heterocycles. The van der Waals surface area contributed by atoms with Crippen molar-refractivity contribution in [3.05, 3.63) is 48.3 Å². The molecule has 3 nitrogen and oxygen atoms in total. The van der Waals surface area contributed by atoms with E-state index >= 15 is 0 Å². The first-order valence-corrected chi connectivity index (χ1v) is 6.51. The van der Waals surface area contributed by atoms with Crippen molar-refractivity contribution in [3.8, 4) is 11.4 Å². The van der Waals surface area contributed by atoms with Crippen molar-refractivity contribution < 1.29 is 4.79 Å². The van der Waals surface area contributed by atoms with Crippen molar-refractivity contribution in [1.29, 1.82) is 0 Å². The fraction of sp³-hybridized carbons (Fsp3) is 0.312. The maximum absolute atomic E-state index is 12.3. The van der Waals surface area contributed by atoms with Gasteiger partial charge in [0.25, 0.3) is 0 Å². The van der Waals surface area contributed by atoms with Crippen LogP contribution in [-0.4, -0.2) is 15.8 Å². The van der Waals surface area contributed by atoms with E-state index in [-0.39, 0.29) is 11.7 Å². The van der Waals surface area contributed by atoms with Crippen LogP contribution in [0.3, 0.4) is 0 Å². The van der Waals surface area contributed by atoms with Crippen LogP contribution in [0, 0.1) is 11.8 Å². The lowest BCUT2D eigenvalue weighted by Gasteiger charge is -2.14. The van der Waals surface area contributed by atoms with Crippen molar-refractivity contribution >= 4 is 5.78 Å². The van der Waals surface area contributed by atoms with Gasteiger partial charge in [0.05, 0.1) is 0 Å². The minimum atomic E-state index is 0.0203. The summed E-state index contributed by atoms with van der Waals surface area (Å²) >= 11 is 0. The Labute approximate surface area is 113 Å². The number of ketones is 1. The van der Waals surface area contributed by atoms with Gasteiger partial charge in [-0.2, -0.15) is 0 Å². The zero-order valence-corrected chi connectivity index (χ0v) is 11.5. The van der Waals surface area contributed by atoms with E-state index in [0.29, 0.717) is 11.7 Å². The molecule has 0 amide bonds. The first kappa shape index (κ1) is 13.4. The molecule has 1 aromatic heterocycles. The molecule has 0 spiro atoms. The molecule has 3 heteroatoms. The van der Waals surface area contributed by atoms with Crippen molar-refractivity contribution in [2.45, 2.75) is 20.8 Å². The molecule has 19 heavy (non-hydrogen) atoms. The monoisotopic (exact) mass is 254 g/mol. The Balaban J connectivity index is 2.33. The number of hydrogen-bond acceptors (Lipinski definition) is 3. The molecule has 0 radical (unpaired) electrons. The summed E-state index contributed by atoms with van der Waals surface area (Å²) in [7, 11) is 0. The van der Waals surface area contributed by atoms with Gasteiger partial charge in [0, 0.05) is 29.4 Å². The van der Waals surface area contributed by atoms with Gasteiger partial charge < -0.3 is 0 Å². The second-order valence-electron chi connectivity index (χ2n) is 5.05. The van der Waals surface area contributed by atoms with Crippen LogP contribution >= 0.6 is 0 Å². The van der Waals surface area contributed by atoms with Gasteiger partial charge in [-0.3, -0.25) is 4.79 Å². The molecule has 0 fully saturated rings. The number of Topliss-reactive ketones (excluding diaryl/α,β-unsaturated/α-hetero) is 1. The van der Waals surface area contributed by atoms with Gasteiger partial charge in [-0.25, -0.2) is 9.97 Å². The van der Waals surface area contributed by atoms with E-state index in [2.05, 4.69) is 23.8 Å². The standard InChI is InChI=1S/C16H18N2O/c1-11(2)12(3)15(19)13-6-4-7-14(10-13)16-17-8-5-9-18-16/h4-12H,1-3H3. The molecule has 0 bridgehead atoms. The molecule has 1 unspecified atom stereocenters. The zero-order valence-electron chi connectivity index (χ0n) is 11.5. The van der Waals surface area contributed by atoms with Crippen LogP contribution in [0.25, 0.3) is 11.4 Å². The quantitative estimate of drug-likeness (QED) is 0.783. The highest BCUT2D eigenvalue weighted by Gasteiger charge is 2.18. The van der Waals surface area contributed by atoms with Crippen LogP contribution in [-0.2, 0) is 0 Å². The Morgan fingerprint density at radius 2 is 1.74 bits per heavy atom. The van der Waals surface area contributed by atoms with E-state index in [9.17, 15) is 4.79 Å². The van der Waals surface area contributed by atoms with Gasteiger partial charge in [-0.1, -0.05) is 39.0 Å². The molecule has 0 saturated carbocycles. The lowest BCUT2D eigenvalue weighted by atomic mass is 9.89. The van der Waals surface area contributed by atoms with E-state index in [1.807, 2.05) is 31.2 Å². The minimum absolute atomic E-state index is 0.0203. The fourth-order valence-corrected chi connectivity index (χ4v) is 1.83. The molecule has 0 aliphatic heterocycles. The lowest BCUT2D eigenvalue weighted by molar-refractivity contribution is 0.0900. The summed E-state index contributed by atoms with van der Waals surface area (Å²) in [6, 6.07) is 9.31. The molecule has 98 valence electrons. The summed E-state index contributed by atoms with van der Waals surface area (Å²) < 4.78 is 0. The van der Waals surface area contributed by atoms with E-state index < -0.39 is 0 Å². The van der Waals surface area contributed by atoms with Gasteiger partial charge in [-0.05, 0) is 18.1 Å². The highest BCUT2D eigenvalue weighted by atomic mass is 16.1. The Kier molecular flexibility index (Phi) is 4.05. The molecule has 2 aromatic rings. The van der Waals surface area contributed by atoms with Gasteiger partial charge in [0.2, 0.25) is 0 Å².